The molecule has 148 valence electrons. The third-order valence-corrected chi connectivity index (χ3v) is 6.21. The minimum absolute atomic E-state index is 0.00694. The average molecular weight is 399 g/mol. The van der Waals surface area contributed by atoms with Crippen molar-refractivity contribution < 1.29 is 9.90 Å². The standard InChI is InChI=1S/C23H27ClN2O2/c1-15-21(23(15,2)17-8-6-5-7-9-17)22(28)25-14-18(26(3)4)12-16-10-11-19(27)13-20(16)24/h5-11,13,18,27H,12,14H2,1-4H3,(H,25,28)/t18-,23+/m0/s1. The Morgan fingerprint density at radius 2 is 1.89 bits per heavy atom. The van der Waals surface area contributed by atoms with E-state index in [1.807, 2.05) is 45.3 Å². The number of benzene rings is 2. The van der Waals surface area contributed by atoms with E-state index in [9.17, 15) is 9.90 Å². The van der Waals surface area contributed by atoms with E-state index in [-0.39, 0.29) is 23.1 Å². The number of phenolic OH excluding ortho intramolecular Hbond substituents is 1. The Bertz CT molecular complexity index is 908. The first kappa shape index (κ1) is 20.4. The number of amides is 1. The van der Waals surface area contributed by atoms with Crippen molar-refractivity contribution in [3.8, 4) is 5.75 Å². The predicted octanol–water partition coefficient (Wildman–Crippen LogP) is 3.92. The Labute approximate surface area is 171 Å². The summed E-state index contributed by atoms with van der Waals surface area (Å²) in [7, 11) is 3.97. The van der Waals surface area contributed by atoms with E-state index in [0.717, 1.165) is 22.3 Å². The summed E-state index contributed by atoms with van der Waals surface area (Å²) >= 11 is 6.25. The van der Waals surface area contributed by atoms with Gasteiger partial charge >= 0.3 is 0 Å². The fourth-order valence-electron chi connectivity index (χ4n) is 3.75. The maximum atomic E-state index is 12.8. The number of nitrogens with zero attached hydrogens (tertiary/aromatic N) is 1. The van der Waals surface area contributed by atoms with Crippen LogP contribution < -0.4 is 5.32 Å². The molecule has 4 nitrogen and oxygen atoms in total. The highest BCUT2D eigenvalue weighted by Crippen LogP contribution is 2.53. The number of likely N-dealkylation sites (N-methyl/N-ethyl adjacent to an activating group) is 1. The molecule has 0 heterocycles. The van der Waals surface area contributed by atoms with E-state index in [1.54, 1.807) is 12.1 Å². The lowest BCUT2D eigenvalue weighted by atomic mass is 9.90. The van der Waals surface area contributed by atoms with E-state index in [1.165, 1.54) is 0 Å². The predicted molar refractivity (Wildman–Crippen MR) is 114 cm³/mol. The van der Waals surface area contributed by atoms with Crippen LogP contribution in [0.2, 0.25) is 5.02 Å². The van der Waals surface area contributed by atoms with Gasteiger partial charge in [-0.25, -0.2) is 0 Å². The quantitative estimate of drug-likeness (QED) is 0.743. The summed E-state index contributed by atoms with van der Waals surface area (Å²) in [6.07, 6.45) is 0.681. The highest BCUT2D eigenvalue weighted by atomic mass is 35.5. The van der Waals surface area contributed by atoms with Crippen LogP contribution in [0.3, 0.4) is 0 Å². The summed E-state index contributed by atoms with van der Waals surface area (Å²) < 4.78 is 0. The summed E-state index contributed by atoms with van der Waals surface area (Å²) in [6, 6.07) is 15.2. The van der Waals surface area contributed by atoms with Crippen molar-refractivity contribution in [2.75, 3.05) is 20.6 Å². The summed E-state index contributed by atoms with van der Waals surface area (Å²) in [5, 5.41) is 13.2. The van der Waals surface area contributed by atoms with Gasteiger partial charge in [-0.05, 0) is 63.2 Å². The van der Waals surface area contributed by atoms with Crippen LogP contribution in [0.5, 0.6) is 5.75 Å². The second kappa shape index (κ2) is 7.98. The molecule has 2 aromatic rings. The zero-order valence-electron chi connectivity index (χ0n) is 16.8. The maximum absolute atomic E-state index is 12.8. The van der Waals surface area contributed by atoms with Crippen LogP contribution in [-0.2, 0) is 16.6 Å². The molecule has 2 N–H and O–H groups in total. The molecule has 28 heavy (non-hydrogen) atoms. The highest BCUT2D eigenvalue weighted by Gasteiger charge is 2.51. The molecule has 2 atom stereocenters. The van der Waals surface area contributed by atoms with Gasteiger partial charge in [0.05, 0.1) is 0 Å². The van der Waals surface area contributed by atoms with Gasteiger partial charge in [0.2, 0.25) is 5.91 Å². The van der Waals surface area contributed by atoms with Crippen LogP contribution in [0.1, 0.15) is 25.0 Å². The number of aromatic hydroxyl groups is 1. The molecule has 0 radical (unpaired) electrons. The van der Waals surface area contributed by atoms with Crippen LogP contribution in [0.25, 0.3) is 0 Å². The molecular weight excluding hydrogens is 372 g/mol. The summed E-state index contributed by atoms with van der Waals surface area (Å²) in [4.78, 5) is 14.9. The lowest BCUT2D eigenvalue weighted by Gasteiger charge is -2.25. The van der Waals surface area contributed by atoms with Gasteiger partial charge in [0, 0.05) is 28.6 Å². The van der Waals surface area contributed by atoms with Crippen molar-refractivity contribution in [1.29, 1.82) is 0 Å². The molecule has 0 saturated heterocycles. The van der Waals surface area contributed by atoms with Crippen molar-refractivity contribution in [2.45, 2.75) is 31.7 Å². The fraction of sp³-hybridized carbons (Fsp3) is 0.348. The molecule has 0 aromatic heterocycles. The van der Waals surface area contributed by atoms with E-state index >= 15 is 0 Å². The Morgan fingerprint density at radius 1 is 1.21 bits per heavy atom. The smallest absolute Gasteiger partial charge is 0.248 e. The van der Waals surface area contributed by atoms with Gasteiger partial charge in [0.15, 0.2) is 0 Å². The molecule has 0 saturated carbocycles. The van der Waals surface area contributed by atoms with E-state index in [0.29, 0.717) is 18.0 Å². The topological polar surface area (TPSA) is 52.6 Å². The fourth-order valence-corrected chi connectivity index (χ4v) is 4.00. The molecule has 1 amide bonds. The summed E-state index contributed by atoms with van der Waals surface area (Å²) in [5.41, 5.74) is 3.82. The highest BCUT2D eigenvalue weighted by molar-refractivity contribution is 6.31. The number of halogens is 1. The number of hydrogen-bond acceptors (Lipinski definition) is 3. The normalized spacial score (nSPS) is 19.6. The van der Waals surface area contributed by atoms with E-state index < -0.39 is 0 Å². The third-order valence-electron chi connectivity index (χ3n) is 5.86. The van der Waals surface area contributed by atoms with Crippen LogP contribution in [0.15, 0.2) is 59.7 Å². The number of carbonyl (C=O) groups is 1. The minimum Gasteiger partial charge on any atom is -0.508 e. The second-order valence-corrected chi connectivity index (χ2v) is 8.21. The van der Waals surface area contributed by atoms with Gasteiger partial charge < -0.3 is 15.3 Å². The zero-order valence-corrected chi connectivity index (χ0v) is 17.5. The van der Waals surface area contributed by atoms with Gasteiger partial charge in [0.25, 0.3) is 0 Å². The largest absolute Gasteiger partial charge is 0.508 e. The molecule has 0 bridgehead atoms. The number of rotatable bonds is 7. The molecule has 1 aliphatic rings. The van der Waals surface area contributed by atoms with Crippen LogP contribution in [0.4, 0.5) is 0 Å². The first-order valence-electron chi connectivity index (χ1n) is 9.44. The Morgan fingerprint density at radius 3 is 2.50 bits per heavy atom. The summed E-state index contributed by atoms with van der Waals surface area (Å²) in [5.74, 6) is 0.146. The number of hydrogen-bond donors (Lipinski definition) is 2. The van der Waals surface area contributed by atoms with Gasteiger partial charge in [-0.15, -0.1) is 0 Å². The van der Waals surface area contributed by atoms with Crippen LogP contribution in [0, 0.1) is 0 Å². The van der Waals surface area contributed by atoms with Crippen LogP contribution in [-0.4, -0.2) is 42.6 Å². The van der Waals surface area contributed by atoms with Crippen molar-refractivity contribution in [1.82, 2.24) is 10.2 Å². The maximum Gasteiger partial charge on any atom is 0.248 e. The molecule has 3 rings (SSSR count). The molecule has 0 aliphatic heterocycles. The lowest BCUT2D eigenvalue weighted by Crippen LogP contribution is -2.42. The Balaban J connectivity index is 1.65. The third kappa shape index (κ3) is 3.94. The van der Waals surface area contributed by atoms with E-state index in [2.05, 4.69) is 29.3 Å². The Hall–Kier alpha value is -2.30. The van der Waals surface area contributed by atoms with Gasteiger partial charge in [-0.2, -0.15) is 0 Å². The van der Waals surface area contributed by atoms with Gasteiger partial charge in [0.1, 0.15) is 5.75 Å². The number of nitrogens with one attached hydrogen (secondary N) is 1. The number of phenols is 1. The van der Waals surface area contributed by atoms with Crippen LogP contribution >= 0.6 is 11.6 Å². The SMILES string of the molecule is CC1=C(C(=O)NC[C@H](Cc2ccc(O)cc2Cl)N(C)C)[C@@]1(C)c1ccccc1. The number of carbonyl (C=O) groups excluding carboxylic acids is 1. The van der Waals surface area contributed by atoms with Gasteiger partial charge in [-0.3, -0.25) is 4.79 Å². The zero-order chi connectivity index (χ0) is 20.5. The molecule has 0 fully saturated rings. The first-order chi connectivity index (χ1) is 13.2. The number of allylic oxidation sites excluding steroid dienone is 1. The molecular formula is C23H27ClN2O2. The monoisotopic (exact) mass is 398 g/mol. The first-order valence-corrected chi connectivity index (χ1v) is 9.82. The molecule has 1 aliphatic carbocycles. The van der Waals surface area contributed by atoms with Gasteiger partial charge in [-0.1, -0.05) is 48.0 Å². The Kier molecular flexibility index (Phi) is 5.82. The van der Waals surface area contributed by atoms with Crippen molar-refractivity contribution in [2.24, 2.45) is 0 Å². The van der Waals surface area contributed by atoms with Crippen molar-refractivity contribution in [3.05, 3.63) is 75.8 Å². The minimum atomic E-state index is -0.265. The van der Waals surface area contributed by atoms with Crippen molar-refractivity contribution in [3.63, 3.8) is 0 Å². The van der Waals surface area contributed by atoms with E-state index in [4.69, 9.17) is 11.6 Å². The second-order valence-electron chi connectivity index (χ2n) is 7.80. The average Bonchev–Trinajstić information content (AvgIpc) is 3.22. The summed E-state index contributed by atoms with van der Waals surface area (Å²) in [6.45, 7) is 4.65. The lowest BCUT2D eigenvalue weighted by molar-refractivity contribution is -0.117. The molecule has 2 aromatic carbocycles. The molecule has 5 heteroatoms. The molecule has 0 spiro atoms. The molecule has 0 unspecified atom stereocenters. The van der Waals surface area contributed by atoms with Crippen molar-refractivity contribution >= 4 is 17.5 Å².